The number of esters is 1. The van der Waals surface area contributed by atoms with E-state index >= 15 is 0 Å². The van der Waals surface area contributed by atoms with Gasteiger partial charge in [-0.1, -0.05) is 11.6 Å². The Hall–Kier alpha value is -1.46. The fourth-order valence-corrected chi connectivity index (χ4v) is 2.94. The van der Waals surface area contributed by atoms with Gasteiger partial charge in [-0.3, -0.25) is 0 Å². The van der Waals surface area contributed by atoms with Crippen molar-refractivity contribution >= 4 is 28.9 Å². The van der Waals surface area contributed by atoms with Crippen molar-refractivity contribution in [2.24, 2.45) is 0 Å². The van der Waals surface area contributed by atoms with Crippen molar-refractivity contribution in [2.45, 2.75) is 20.8 Å². The molecule has 0 spiro atoms. The van der Waals surface area contributed by atoms with Crippen LogP contribution in [0.4, 0.5) is 0 Å². The fourth-order valence-electron chi connectivity index (χ4n) is 1.80. The average Bonchev–Trinajstić information content (AvgIpc) is 2.77. The van der Waals surface area contributed by atoms with Crippen LogP contribution in [-0.2, 0) is 4.74 Å². The van der Waals surface area contributed by atoms with Crippen molar-refractivity contribution in [2.75, 3.05) is 7.11 Å². The van der Waals surface area contributed by atoms with E-state index in [1.807, 2.05) is 26.2 Å². The number of halogens is 1. The van der Waals surface area contributed by atoms with Crippen LogP contribution in [0.25, 0.3) is 11.3 Å². The van der Waals surface area contributed by atoms with Crippen molar-refractivity contribution in [3.63, 3.8) is 0 Å². The van der Waals surface area contributed by atoms with Gasteiger partial charge >= 0.3 is 5.97 Å². The summed E-state index contributed by atoms with van der Waals surface area (Å²) in [5.41, 5.74) is 4.23. The number of hydrogen-bond acceptors (Lipinski definition) is 5. The first-order chi connectivity index (χ1) is 8.97. The first-order valence-electron chi connectivity index (χ1n) is 5.63. The Morgan fingerprint density at radius 2 is 1.95 bits per heavy atom. The van der Waals surface area contributed by atoms with E-state index in [-0.39, 0.29) is 5.97 Å². The molecule has 6 heteroatoms. The number of hydrogen-bond donors (Lipinski definition) is 0. The van der Waals surface area contributed by atoms with Crippen molar-refractivity contribution in [1.82, 2.24) is 10.2 Å². The molecule has 0 unspecified atom stereocenters. The van der Waals surface area contributed by atoms with E-state index in [9.17, 15) is 4.79 Å². The molecule has 0 aliphatic heterocycles. The Morgan fingerprint density at radius 1 is 1.26 bits per heavy atom. The summed E-state index contributed by atoms with van der Waals surface area (Å²) in [6.45, 7) is 5.74. The number of methoxy groups -OCH3 is 1. The van der Waals surface area contributed by atoms with Crippen molar-refractivity contribution < 1.29 is 9.53 Å². The maximum atomic E-state index is 11.8. The van der Waals surface area contributed by atoms with Crippen LogP contribution in [0.1, 0.15) is 26.4 Å². The molecule has 2 aromatic rings. The maximum Gasteiger partial charge on any atom is 0.348 e. The number of nitrogens with zero attached hydrogens (tertiary/aromatic N) is 2. The predicted octanol–water partition coefficient (Wildman–Crippen LogP) is 3.57. The number of rotatable bonds is 2. The van der Waals surface area contributed by atoms with Gasteiger partial charge in [0.25, 0.3) is 0 Å². The van der Waals surface area contributed by atoms with Crippen LogP contribution in [0.5, 0.6) is 0 Å². The minimum Gasteiger partial charge on any atom is -0.465 e. The number of aromatic nitrogens is 2. The van der Waals surface area contributed by atoms with Gasteiger partial charge in [-0.15, -0.1) is 21.5 Å². The molecule has 2 aromatic heterocycles. The van der Waals surface area contributed by atoms with Gasteiger partial charge in [0.1, 0.15) is 4.88 Å². The Morgan fingerprint density at radius 3 is 2.58 bits per heavy atom. The average molecular weight is 297 g/mol. The number of carbonyl (C=O) groups is 1. The lowest BCUT2D eigenvalue weighted by Gasteiger charge is -2.09. The number of aryl methyl sites for hydroxylation is 1. The summed E-state index contributed by atoms with van der Waals surface area (Å²) in [5.74, 6) is -0.359. The van der Waals surface area contributed by atoms with Crippen LogP contribution in [-0.4, -0.2) is 23.3 Å². The number of thiophene rings is 1. The Labute approximate surface area is 120 Å². The smallest absolute Gasteiger partial charge is 0.348 e. The molecule has 19 heavy (non-hydrogen) atoms. The lowest BCUT2D eigenvalue weighted by Crippen LogP contribution is -2.04. The second-order valence-electron chi connectivity index (χ2n) is 4.20. The molecule has 0 amide bonds. The molecule has 0 aliphatic carbocycles. The molecule has 0 aliphatic rings. The molecule has 0 radical (unpaired) electrons. The highest BCUT2D eigenvalue weighted by molar-refractivity contribution is 7.12. The Balaban J connectivity index is 2.69. The minimum absolute atomic E-state index is 0.359. The summed E-state index contributed by atoms with van der Waals surface area (Å²) in [6, 6.07) is 0. The summed E-state index contributed by atoms with van der Waals surface area (Å²) in [4.78, 5) is 12.3. The molecule has 2 heterocycles. The predicted molar refractivity (Wildman–Crippen MR) is 75.9 cm³/mol. The third-order valence-corrected chi connectivity index (χ3v) is 4.48. The first-order valence-corrected chi connectivity index (χ1v) is 6.89. The highest BCUT2D eigenvalue weighted by atomic mass is 35.5. The van der Waals surface area contributed by atoms with Gasteiger partial charge in [0, 0.05) is 5.56 Å². The lowest BCUT2D eigenvalue weighted by atomic mass is 10.0. The van der Waals surface area contributed by atoms with Crippen LogP contribution < -0.4 is 0 Å². The van der Waals surface area contributed by atoms with Gasteiger partial charge < -0.3 is 4.74 Å². The molecule has 2 rings (SSSR count). The normalized spacial score (nSPS) is 10.6. The standard InChI is InChI=1S/C13H13ClN2O2S/c1-6-5-19-11(13(17)18-4)9(6)10-7(2)8(3)12(14)16-15-10/h5H,1-4H3. The summed E-state index contributed by atoms with van der Waals surface area (Å²) in [6.07, 6.45) is 0. The zero-order valence-electron chi connectivity index (χ0n) is 11.1. The zero-order valence-corrected chi connectivity index (χ0v) is 12.6. The van der Waals surface area contributed by atoms with E-state index in [1.165, 1.54) is 18.4 Å². The molecule has 4 nitrogen and oxygen atoms in total. The molecule has 0 aromatic carbocycles. The second-order valence-corrected chi connectivity index (χ2v) is 5.44. The van der Waals surface area contributed by atoms with Crippen LogP contribution >= 0.6 is 22.9 Å². The molecule has 100 valence electrons. The van der Waals surface area contributed by atoms with Gasteiger partial charge in [-0.2, -0.15) is 0 Å². The van der Waals surface area contributed by atoms with Crippen molar-refractivity contribution in [3.05, 3.63) is 32.1 Å². The third kappa shape index (κ3) is 2.35. The van der Waals surface area contributed by atoms with E-state index in [1.54, 1.807) is 0 Å². The molecule has 0 saturated heterocycles. The highest BCUT2D eigenvalue weighted by Crippen LogP contribution is 2.35. The van der Waals surface area contributed by atoms with Crippen molar-refractivity contribution in [1.29, 1.82) is 0 Å². The van der Waals surface area contributed by atoms with E-state index in [4.69, 9.17) is 16.3 Å². The minimum atomic E-state index is -0.359. The first kappa shape index (κ1) is 14.0. The van der Waals surface area contributed by atoms with Gasteiger partial charge in [0.15, 0.2) is 5.15 Å². The highest BCUT2D eigenvalue weighted by Gasteiger charge is 2.22. The van der Waals surface area contributed by atoms with Crippen LogP contribution in [0, 0.1) is 20.8 Å². The van der Waals surface area contributed by atoms with E-state index in [0.717, 1.165) is 22.3 Å². The number of carbonyl (C=O) groups excluding carboxylic acids is 1. The number of ether oxygens (including phenoxy) is 1. The molecule has 0 bridgehead atoms. The molecule has 0 saturated carbocycles. The van der Waals surface area contributed by atoms with E-state index in [2.05, 4.69) is 10.2 Å². The zero-order chi connectivity index (χ0) is 14.2. The molecule has 0 N–H and O–H groups in total. The van der Waals surface area contributed by atoms with Gasteiger partial charge in [-0.25, -0.2) is 4.79 Å². The molecule has 0 fully saturated rings. The second kappa shape index (κ2) is 5.27. The SMILES string of the molecule is COC(=O)c1scc(C)c1-c1nnc(Cl)c(C)c1C. The van der Waals surface area contributed by atoms with Gasteiger partial charge in [0.2, 0.25) is 0 Å². The van der Waals surface area contributed by atoms with Crippen LogP contribution in [0.15, 0.2) is 5.38 Å². The molecular weight excluding hydrogens is 284 g/mol. The van der Waals surface area contributed by atoms with Crippen molar-refractivity contribution in [3.8, 4) is 11.3 Å². The van der Waals surface area contributed by atoms with E-state index in [0.29, 0.717) is 15.7 Å². The Kier molecular flexibility index (Phi) is 3.87. The Bertz CT molecular complexity index is 652. The van der Waals surface area contributed by atoms with Gasteiger partial charge in [0.05, 0.1) is 12.8 Å². The maximum absolute atomic E-state index is 11.8. The fraction of sp³-hybridized carbons (Fsp3) is 0.308. The summed E-state index contributed by atoms with van der Waals surface area (Å²) >= 11 is 7.30. The monoisotopic (exact) mass is 296 g/mol. The summed E-state index contributed by atoms with van der Waals surface area (Å²) in [7, 11) is 1.37. The summed E-state index contributed by atoms with van der Waals surface area (Å²) in [5, 5.41) is 10.4. The molecular formula is C13H13ClN2O2S. The van der Waals surface area contributed by atoms with Crippen LogP contribution in [0.2, 0.25) is 5.15 Å². The summed E-state index contributed by atoms with van der Waals surface area (Å²) < 4.78 is 4.80. The third-order valence-electron chi connectivity index (χ3n) is 3.05. The van der Waals surface area contributed by atoms with Gasteiger partial charge in [-0.05, 0) is 42.8 Å². The topological polar surface area (TPSA) is 52.1 Å². The largest absolute Gasteiger partial charge is 0.465 e. The quantitative estimate of drug-likeness (QED) is 0.795. The van der Waals surface area contributed by atoms with E-state index < -0.39 is 0 Å². The molecule has 0 atom stereocenters. The van der Waals surface area contributed by atoms with Crippen LogP contribution in [0.3, 0.4) is 0 Å². The lowest BCUT2D eigenvalue weighted by molar-refractivity contribution is 0.0607.